The number of carbonyl (C=O) groups is 4. The molecule has 0 spiro atoms. The van der Waals surface area contributed by atoms with E-state index in [9.17, 15) is 34.5 Å². The highest BCUT2D eigenvalue weighted by molar-refractivity contribution is 6.26. The molecule has 2 rings (SSSR count). The number of fused-ring (bicyclic) bond motifs is 1. The Bertz CT molecular complexity index is 968. The monoisotopic (exact) mass is 432 g/mol. The predicted molar refractivity (Wildman–Crippen MR) is 111 cm³/mol. The first kappa shape index (κ1) is 24.3. The van der Waals surface area contributed by atoms with Gasteiger partial charge in [-0.25, -0.2) is 0 Å². The molecular weight excluding hydrogens is 404 g/mol. The summed E-state index contributed by atoms with van der Waals surface area (Å²) in [6.07, 6.45) is -1.15. The molecule has 8 nitrogen and oxygen atoms in total. The minimum absolute atomic E-state index is 0.0873. The first-order valence-corrected chi connectivity index (χ1v) is 9.90. The van der Waals surface area contributed by atoms with Gasteiger partial charge in [-0.15, -0.1) is 0 Å². The van der Waals surface area contributed by atoms with Crippen molar-refractivity contribution in [3.8, 4) is 11.5 Å². The van der Waals surface area contributed by atoms with E-state index in [1.54, 1.807) is 19.9 Å². The summed E-state index contributed by atoms with van der Waals surface area (Å²) in [6, 6.07) is 2.13. The first-order valence-electron chi connectivity index (χ1n) is 9.90. The molecule has 0 saturated heterocycles. The smallest absolute Gasteiger partial charge is 0.303 e. The lowest BCUT2D eigenvalue weighted by Crippen LogP contribution is -2.54. The van der Waals surface area contributed by atoms with Crippen LogP contribution in [0.2, 0.25) is 0 Å². The van der Waals surface area contributed by atoms with Crippen LogP contribution in [0.1, 0.15) is 74.6 Å². The maximum atomic E-state index is 13.6. The van der Waals surface area contributed by atoms with Crippen LogP contribution >= 0.6 is 0 Å². The second kappa shape index (κ2) is 8.63. The number of Topliss-reactive ketones (excluding diaryl/α,β-unsaturated/α-hetero) is 3. The Morgan fingerprint density at radius 3 is 2.19 bits per heavy atom. The Morgan fingerprint density at radius 1 is 1.13 bits per heavy atom. The van der Waals surface area contributed by atoms with Gasteiger partial charge in [-0.1, -0.05) is 11.6 Å². The highest BCUT2D eigenvalue weighted by Crippen LogP contribution is 2.46. The van der Waals surface area contributed by atoms with Crippen molar-refractivity contribution >= 4 is 23.3 Å². The fourth-order valence-corrected chi connectivity index (χ4v) is 3.94. The Balaban J connectivity index is 2.66. The number of aromatic hydroxyl groups is 2. The molecule has 0 fully saturated rings. The van der Waals surface area contributed by atoms with Crippen molar-refractivity contribution in [1.29, 1.82) is 0 Å². The quantitative estimate of drug-likeness (QED) is 0.259. The molecule has 0 heterocycles. The van der Waals surface area contributed by atoms with Crippen molar-refractivity contribution < 1.29 is 39.2 Å². The molecule has 1 aliphatic rings. The van der Waals surface area contributed by atoms with Crippen molar-refractivity contribution in [2.24, 2.45) is 5.41 Å². The SMILES string of the molecule is CC(=O)OC(C)(C)CC(=O)C1([C@H](O)CC=C(C)C)CC(=O)c2c(O)ccc(O)c2C1=O. The molecule has 1 aromatic carbocycles. The second-order valence-corrected chi connectivity index (χ2v) is 8.74. The summed E-state index contributed by atoms with van der Waals surface area (Å²) in [5.74, 6) is -4.19. The van der Waals surface area contributed by atoms with Crippen LogP contribution in [0.5, 0.6) is 11.5 Å². The molecular formula is C23H28O8. The molecule has 0 aromatic heterocycles. The number of rotatable bonds is 7. The van der Waals surface area contributed by atoms with E-state index in [0.717, 1.165) is 17.7 Å². The number of benzene rings is 1. The van der Waals surface area contributed by atoms with Gasteiger partial charge in [0.15, 0.2) is 17.3 Å². The number of phenolic OH excluding ortho intramolecular Hbond substituents is 2. The number of allylic oxidation sites excluding steroid dienone is 1. The Labute approximate surface area is 180 Å². The summed E-state index contributed by atoms with van der Waals surface area (Å²) in [4.78, 5) is 51.4. The zero-order valence-corrected chi connectivity index (χ0v) is 18.3. The lowest BCUT2D eigenvalue weighted by Gasteiger charge is -2.39. The van der Waals surface area contributed by atoms with E-state index in [1.807, 2.05) is 0 Å². The number of hydrogen-bond acceptors (Lipinski definition) is 8. The summed E-state index contributed by atoms with van der Waals surface area (Å²) in [5.41, 5.74) is -3.53. The first-order chi connectivity index (χ1) is 14.2. The molecule has 2 atom stereocenters. The Kier molecular flexibility index (Phi) is 6.75. The number of ether oxygens (including phenoxy) is 1. The number of carbonyl (C=O) groups excluding carboxylic acids is 4. The average molecular weight is 432 g/mol. The number of phenols is 2. The van der Waals surface area contributed by atoms with E-state index in [2.05, 4.69) is 0 Å². The average Bonchev–Trinajstić information content (AvgIpc) is 2.62. The Hall–Kier alpha value is -3.00. The third-order valence-corrected chi connectivity index (χ3v) is 5.33. The van der Waals surface area contributed by atoms with Crippen LogP contribution in [0.25, 0.3) is 0 Å². The second-order valence-electron chi connectivity index (χ2n) is 8.74. The van der Waals surface area contributed by atoms with E-state index in [4.69, 9.17) is 4.74 Å². The van der Waals surface area contributed by atoms with Gasteiger partial charge in [0, 0.05) is 19.8 Å². The van der Waals surface area contributed by atoms with Gasteiger partial charge in [0.05, 0.1) is 17.2 Å². The number of esters is 1. The lowest BCUT2D eigenvalue weighted by molar-refractivity contribution is -0.157. The van der Waals surface area contributed by atoms with E-state index in [0.29, 0.717) is 0 Å². The molecule has 1 aliphatic carbocycles. The largest absolute Gasteiger partial charge is 0.507 e. The van der Waals surface area contributed by atoms with E-state index < -0.39 is 70.3 Å². The van der Waals surface area contributed by atoms with Gasteiger partial charge < -0.3 is 20.1 Å². The zero-order valence-electron chi connectivity index (χ0n) is 18.3. The van der Waals surface area contributed by atoms with Gasteiger partial charge in [0.25, 0.3) is 0 Å². The maximum absolute atomic E-state index is 13.6. The third-order valence-electron chi connectivity index (χ3n) is 5.33. The van der Waals surface area contributed by atoms with Gasteiger partial charge in [0.1, 0.15) is 22.5 Å². The van der Waals surface area contributed by atoms with Crippen molar-refractivity contribution in [2.45, 2.75) is 65.6 Å². The summed E-state index contributed by atoms with van der Waals surface area (Å²) in [5, 5.41) is 31.4. The molecule has 31 heavy (non-hydrogen) atoms. The third kappa shape index (κ3) is 4.69. The van der Waals surface area contributed by atoms with Crippen LogP contribution in [-0.2, 0) is 14.3 Å². The van der Waals surface area contributed by atoms with Crippen molar-refractivity contribution in [3.63, 3.8) is 0 Å². The molecule has 1 unspecified atom stereocenters. The molecule has 0 aliphatic heterocycles. The summed E-state index contributed by atoms with van der Waals surface area (Å²) in [6.45, 7) is 7.69. The zero-order chi connectivity index (χ0) is 23.7. The number of aliphatic hydroxyl groups excluding tert-OH is 1. The number of ketones is 3. The predicted octanol–water partition coefficient (Wildman–Crippen LogP) is 2.87. The van der Waals surface area contributed by atoms with Crippen LogP contribution in [0.4, 0.5) is 0 Å². The minimum Gasteiger partial charge on any atom is -0.507 e. The van der Waals surface area contributed by atoms with E-state index >= 15 is 0 Å². The van der Waals surface area contributed by atoms with Crippen molar-refractivity contribution in [1.82, 2.24) is 0 Å². The highest BCUT2D eigenvalue weighted by atomic mass is 16.6. The van der Waals surface area contributed by atoms with Crippen molar-refractivity contribution in [3.05, 3.63) is 34.9 Å². The maximum Gasteiger partial charge on any atom is 0.303 e. The van der Waals surface area contributed by atoms with Crippen LogP contribution in [-0.4, -0.2) is 50.3 Å². The van der Waals surface area contributed by atoms with Crippen LogP contribution in [0.15, 0.2) is 23.8 Å². The normalized spacial score (nSPS) is 19.4. The molecule has 1 aromatic rings. The standard InChI is InChI=1S/C23H28O8/c1-12(2)6-9-17(28)23(18(29)11-22(4,5)31-13(3)24)10-16(27)19-14(25)7-8-15(26)20(19)21(23)30/h6-8,17,25-26,28H,9-11H2,1-5H3/t17-,23?/m1/s1. The summed E-state index contributed by atoms with van der Waals surface area (Å²) >= 11 is 0. The van der Waals surface area contributed by atoms with E-state index in [1.165, 1.54) is 20.8 Å². The molecule has 0 amide bonds. The highest BCUT2D eigenvalue weighted by Gasteiger charge is 2.57. The summed E-state index contributed by atoms with van der Waals surface area (Å²) in [7, 11) is 0. The molecule has 0 saturated carbocycles. The van der Waals surface area contributed by atoms with Gasteiger partial charge in [0.2, 0.25) is 0 Å². The van der Waals surface area contributed by atoms with Crippen LogP contribution < -0.4 is 0 Å². The molecule has 0 radical (unpaired) electrons. The Morgan fingerprint density at radius 2 is 1.68 bits per heavy atom. The fraction of sp³-hybridized carbons (Fsp3) is 0.478. The molecule has 8 heteroatoms. The number of aliphatic hydroxyl groups is 1. The molecule has 168 valence electrons. The van der Waals surface area contributed by atoms with Gasteiger partial charge in [-0.05, 0) is 46.2 Å². The fourth-order valence-electron chi connectivity index (χ4n) is 3.94. The summed E-state index contributed by atoms with van der Waals surface area (Å²) < 4.78 is 5.16. The van der Waals surface area contributed by atoms with E-state index in [-0.39, 0.29) is 12.0 Å². The topological polar surface area (TPSA) is 138 Å². The van der Waals surface area contributed by atoms with Gasteiger partial charge >= 0.3 is 5.97 Å². The van der Waals surface area contributed by atoms with Crippen LogP contribution in [0.3, 0.4) is 0 Å². The van der Waals surface area contributed by atoms with Crippen molar-refractivity contribution in [2.75, 3.05) is 0 Å². The molecule has 3 N–H and O–H groups in total. The molecule has 0 bridgehead atoms. The van der Waals surface area contributed by atoms with Gasteiger partial charge in [-0.2, -0.15) is 0 Å². The lowest BCUT2D eigenvalue weighted by atomic mass is 9.62. The minimum atomic E-state index is -2.20. The van der Waals surface area contributed by atoms with Gasteiger partial charge in [-0.3, -0.25) is 19.2 Å². The van der Waals surface area contributed by atoms with Crippen LogP contribution in [0, 0.1) is 5.41 Å². The number of hydrogen-bond donors (Lipinski definition) is 3.